The normalized spacial score (nSPS) is 25.8. The van der Waals surface area contributed by atoms with Gasteiger partial charge < -0.3 is 11.1 Å². The summed E-state index contributed by atoms with van der Waals surface area (Å²) in [5.41, 5.74) is 5.98. The number of nitrogens with two attached hydrogens (primary N) is 1. The van der Waals surface area contributed by atoms with Gasteiger partial charge in [-0.15, -0.1) is 0 Å². The molecule has 1 rings (SSSR count). The number of nitrogens with one attached hydrogen (secondary N) is 1. The minimum atomic E-state index is 0.577. The molecule has 72 valence electrons. The molecular formula is C10H22N2. The van der Waals surface area contributed by atoms with Crippen LogP contribution in [0.25, 0.3) is 0 Å². The number of hydrogen-bond donors (Lipinski definition) is 2. The molecule has 0 bridgehead atoms. The molecule has 0 aliphatic heterocycles. The summed E-state index contributed by atoms with van der Waals surface area (Å²) in [6.07, 6.45) is 5.08. The molecule has 0 radical (unpaired) electrons. The van der Waals surface area contributed by atoms with Gasteiger partial charge in [-0.2, -0.15) is 0 Å². The van der Waals surface area contributed by atoms with Gasteiger partial charge in [-0.3, -0.25) is 0 Å². The fourth-order valence-corrected chi connectivity index (χ4v) is 1.54. The largest absolute Gasteiger partial charge is 0.330 e. The van der Waals surface area contributed by atoms with Crippen LogP contribution in [0.4, 0.5) is 0 Å². The molecule has 2 nitrogen and oxygen atoms in total. The van der Waals surface area contributed by atoms with Crippen molar-refractivity contribution in [3.05, 3.63) is 0 Å². The van der Waals surface area contributed by atoms with Crippen LogP contribution in [0.5, 0.6) is 0 Å². The van der Waals surface area contributed by atoms with E-state index in [9.17, 15) is 0 Å². The minimum Gasteiger partial charge on any atom is -0.330 e. The summed E-state index contributed by atoms with van der Waals surface area (Å²) in [5, 5.41) is 3.56. The summed E-state index contributed by atoms with van der Waals surface area (Å²) in [6.45, 7) is 6.66. The Morgan fingerprint density at radius 3 is 2.50 bits per heavy atom. The number of hydrogen-bond acceptors (Lipinski definition) is 2. The second-order valence-electron chi connectivity index (χ2n) is 4.55. The predicted octanol–water partition coefficient (Wildman–Crippen LogP) is 1.50. The van der Waals surface area contributed by atoms with Gasteiger partial charge in [0, 0.05) is 6.04 Å². The van der Waals surface area contributed by atoms with Crippen molar-refractivity contribution in [1.29, 1.82) is 0 Å². The summed E-state index contributed by atoms with van der Waals surface area (Å²) >= 11 is 0. The highest BCUT2D eigenvalue weighted by atomic mass is 15.0. The van der Waals surface area contributed by atoms with Crippen LogP contribution in [0.1, 0.15) is 39.5 Å². The highest BCUT2D eigenvalue weighted by Gasteiger charge is 2.44. The van der Waals surface area contributed by atoms with E-state index >= 15 is 0 Å². The maximum absolute atomic E-state index is 5.41. The van der Waals surface area contributed by atoms with Gasteiger partial charge in [-0.05, 0) is 37.8 Å². The smallest absolute Gasteiger partial charge is 0.0124 e. The molecule has 12 heavy (non-hydrogen) atoms. The topological polar surface area (TPSA) is 38.0 Å². The van der Waals surface area contributed by atoms with Gasteiger partial charge in [0.1, 0.15) is 0 Å². The molecule has 0 aromatic heterocycles. The van der Waals surface area contributed by atoms with E-state index in [0.29, 0.717) is 5.41 Å². The Morgan fingerprint density at radius 2 is 2.00 bits per heavy atom. The van der Waals surface area contributed by atoms with Crippen LogP contribution >= 0.6 is 0 Å². The predicted molar refractivity (Wildman–Crippen MR) is 53.1 cm³/mol. The maximum Gasteiger partial charge on any atom is 0.0124 e. The molecule has 1 aliphatic carbocycles. The molecule has 3 N–H and O–H groups in total. The summed E-state index contributed by atoms with van der Waals surface area (Å²) in [5.74, 6) is 0. The first-order valence-corrected chi connectivity index (χ1v) is 5.10. The van der Waals surface area contributed by atoms with Gasteiger partial charge in [-0.25, -0.2) is 0 Å². The molecular weight excluding hydrogens is 148 g/mol. The van der Waals surface area contributed by atoms with Crippen molar-refractivity contribution in [2.24, 2.45) is 11.1 Å². The summed E-state index contributed by atoms with van der Waals surface area (Å²) in [7, 11) is 0. The van der Waals surface area contributed by atoms with Gasteiger partial charge in [0.25, 0.3) is 0 Å². The van der Waals surface area contributed by atoms with Gasteiger partial charge >= 0.3 is 0 Å². The van der Waals surface area contributed by atoms with Crippen LogP contribution < -0.4 is 11.1 Å². The van der Waals surface area contributed by atoms with E-state index in [1.54, 1.807) is 0 Å². The Balaban J connectivity index is 1.85. The summed E-state index contributed by atoms with van der Waals surface area (Å²) in [4.78, 5) is 0. The fraction of sp³-hybridized carbons (Fsp3) is 1.00. The standard InChI is InChI=1S/C10H22N2/c1-10(2)8-9(10)12-7-5-3-4-6-11/h9,12H,3-8,11H2,1-2H3. The van der Waals surface area contributed by atoms with Crippen LogP contribution in [0.2, 0.25) is 0 Å². The first kappa shape index (κ1) is 10.0. The van der Waals surface area contributed by atoms with Crippen LogP contribution in [0.3, 0.4) is 0 Å². The van der Waals surface area contributed by atoms with Gasteiger partial charge in [0.15, 0.2) is 0 Å². The summed E-state index contributed by atoms with van der Waals surface area (Å²) in [6, 6.07) is 0.787. The van der Waals surface area contributed by atoms with Gasteiger partial charge in [0.05, 0.1) is 0 Å². The van der Waals surface area contributed by atoms with E-state index in [-0.39, 0.29) is 0 Å². The third kappa shape index (κ3) is 3.11. The van der Waals surface area contributed by atoms with Crippen LogP contribution in [-0.2, 0) is 0 Å². The van der Waals surface area contributed by atoms with Crippen molar-refractivity contribution < 1.29 is 0 Å². The second kappa shape index (κ2) is 4.24. The quantitative estimate of drug-likeness (QED) is 0.593. The lowest BCUT2D eigenvalue weighted by molar-refractivity contribution is 0.525. The Hall–Kier alpha value is -0.0800. The molecule has 0 heterocycles. The van der Waals surface area contributed by atoms with Gasteiger partial charge in [-0.1, -0.05) is 20.3 Å². The zero-order valence-corrected chi connectivity index (χ0v) is 8.40. The van der Waals surface area contributed by atoms with E-state index in [2.05, 4.69) is 19.2 Å². The molecule has 1 unspecified atom stereocenters. The zero-order valence-electron chi connectivity index (χ0n) is 8.40. The minimum absolute atomic E-state index is 0.577. The lowest BCUT2D eigenvalue weighted by Gasteiger charge is -2.05. The van der Waals surface area contributed by atoms with E-state index in [0.717, 1.165) is 12.6 Å². The van der Waals surface area contributed by atoms with Crippen molar-refractivity contribution in [3.8, 4) is 0 Å². The molecule has 0 amide bonds. The van der Waals surface area contributed by atoms with Crippen molar-refractivity contribution in [1.82, 2.24) is 5.32 Å². The van der Waals surface area contributed by atoms with Crippen LogP contribution in [-0.4, -0.2) is 19.1 Å². The Kier molecular flexibility index (Phi) is 3.53. The van der Waals surface area contributed by atoms with Crippen LogP contribution in [0, 0.1) is 5.41 Å². The fourth-order valence-electron chi connectivity index (χ4n) is 1.54. The van der Waals surface area contributed by atoms with Crippen molar-refractivity contribution in [3.63, 3.8) is 0 Å². The zero-order chi connectivity index (χ0) is 9.03. The Labute approximate surface area is 75.9 Å². The van der Waals surface area contributed by atoms with Crippen LogP contribution in [0.15, 0.2) is 0 Å². The number of unbranched alkanes of at least 4 members (excludes halogenated alkanes) is 2. The first-order chi connectivity index (χ1) is 5.67. The van der Waals surface area contributed by atoms with Crippen molar-refractivity contribution in [2.75, 3.05) is 13.1 Å². The average molecular weight is 170 g/mol. The molecule has 1 atom stereocenters. The first-order valence-electron chi connectivity index (χ1n) is 5.10. The number of rotatable bonds is 6. The van der Waals surface area contributed by atoms with Crippen molar-refractivity contribution in [2.45, 2.75) is 45.6 Å². The van der Waals surface area contributed by atoms with E-state index in [1.165, 1.54) is 32.2 Å². The highest BCUT2D eigenvalue weighted by Crippen LogP contribution is 2.44. The molecule has 0 aromatic carbocycles. The Morgan fingerprint density at radius 1 is 1.33 bits per heavy atom. The molecule has 0 aromatic rings. The van der Waals surface area contributed by atoms with E-state index in [4.69, 9.17) is 5.73 Å². The molecule has 1 fully saturated rings. The third-order valence-corrected chi connectivity index (χ3v) is 2.79. The highest BCUT2D eigenvalue weighted by molar-refractivity contribution is 5.01. The maximum atomic E-state index is 5.41. The molecule has 1 aliphatic rings. The second-order valence-corrected chi connectivity index (χ2v) is 4.55. The Bertz CT molecular complexity index is 132. The third-order valence-electron chi connectivity index (χ3n) is 2.79. The average Bonchev–Trinajstić information content (AvgIpc) is 2.59. The monoisotopic (exact) mass is 170 g/mol. The molecule has 0 saturated heterocycles. The summed E-state index contributed by atoms with van der Waals surface area (Å²) < 4.78 is 0. The lowest BCUT2D eigenvalue weighted by Crippen LogP contribution is -2.21. The molecule has 1 saturated carbocycles. The lowest BCUT2D eigenvalue weighted by atomic mass is 10.2. The van der Waals surface area contributed by atoms with Gasteiger partial charge in [0.2, 0.25) is 0 Å². The van der Waals surface area contributed by atoms with E-state index in [1.807, 2.05) is 0 Å². The van der Waals surface area contributed by atoms with E-state index < -0.39 is 0 Å². The molecule has 2 heteroatoms. The SMILES string of the molecule is CC1(C)CC1NCCCCCN. The van der Waals surface area contributed by atoms with Crippen molar-refractivity contribution >= 4 is 0 Å². The molecule has 0 spiro atoms.